The number of nitrogen functional groups attached to an aromatic ring is 1. The number of pyridine rings is 2. The minimum atomic E-state index is -2.00. The molecule has 29 heavy (non-hydrogen) atoms. The van der Waals surface area contributed by atoms with Gasteiger partial charge < -0.3 is 15.6 Å². The van der Waals surface area contributed by atoms with Gasteiger partial charge in [0, 0.05) is 16.5 Å². The number of esters is 1. The molecule has 0 spiro atoms. The Balaban J connectivity index is 1.92. The van der Waals surface area contributed by atoms with Crippen molar-refractivity contribution in [3.63, 3.8) is 0 Å². The molecule has 8 nitrogen and oxygen atoms in total. The van der Waals surface area contributed by atoms with Crippen molar-refractivity contribution in [3.8, 4) is 17.5 Å². The molecule has 0 saturated heterocycles. The van der Waals surface area contributed by atoms with Gasteiger partial charge in [0.1, 0.15) is 12.7 Å². The Kier molecular flexibility index (Phi) is 3.39. The zero-order valence-electron chi connectivity index (χ0n) is 15.5. The lowest BCUT2D eigenvalue weighted by Gasteiger charge is -2.33. The summed E-state index contributed by atoms with van der Waals surface area (Å²) in [5.74, 6) is -0.828. The second kappa shape index (κ2) is 5.65. The number of anilines is 1. The number of aliphatic hydroxyl groups is 1. The van der Waals surface area contributed by atoms with Gasteiger partial charge in [-0.25, -0.2) is 9.78 Å². The van der Waals surface area contributed by atoms with Gasteiger partial charge in [-0.3, -0.25) is 9.36 Å². The number of para-hydroxylation sites is 1. The molecule has 4 heterocycles. The van der Waals surface area contributed by atoms with E-state index in [1.165, 1.54) is 4.57 Å². The zero-order chi connectivity index (χ0) is 20.5. The van der Waals surface area contributed by atoms with Crippen LogP contribution in [-0.2, 0) is 28.3 Å². The SMILES string of the molecule is CC[C@@]1(O)C(=O)OCc2c1c(N)c1n(c2=O)Cc2c-1nc1ccccc1c2C#N. The van der Waals surface area contributed by atoms with Crippen LogP contribution in [0.25, 0.3) is 22.3 Å². The molecule has 2 aliphatic heterocycles. The Morgan fingerprint density at radius 2 is 2.10 bits per heavy atom. The number of nitrogens with two attached hydrogens (primary N) is 1. The van der Waals surface area contributed by atoms with Crippen molar-refractivity contribution in [2.45, 2.75) is 32.1 Å². The second-order valence-electron chi connectivity index (χ2n) is 7.24. The Hall–Kier alpha value is -3.70. The van der Waals surface area contributed by atoms with Crippen LogP contribution < -0.4 is 11.3 Å². The molecule has 2 aromatic heterocycles. The number of hydrogen-bond acceptors (Lipinski definition) is 7. The molecule has 5 rings (SSSR count). The molecule has 3 aromatic rings. The smallest absolute Gasteiger partial charge is 0.343 e. The highest BCUT2D eigenvalue weighted by molar-refractivity contribution is 5.94. The largest absolute Gasteiger partial charge is 0.458 e. The first kappa shape index (κ1) is 17.4. The normalized spacial score (nSPS) is 19.3. The van der Waals surface area contributed by atoms with Gasteiger partial charge in [-0.2, -0.15) is 5.26 Å². The highest BCUT2D eigenvalue weighted by atomic mass is 16.6. The van der Waals surface area contributed by atoms with Gasteiger partial charge in [-0.15, -0.1) is 0 Å². The number of benzene rings is 1. The van der Waals surface area contributed by atoms with Crippen molar-refractivity contribution < 1.29 is 14.6 Å². The van der Waals surface area contributed by atoms with Crippen molar-refractivity contribution in [1.29, 1.82) is 5.26 Å². The quantitative estimate of drug-likeness (QED) is 0.473. The van der Waals surface area contributed by atoms with Crippen LogP contribution in [0.1, 0.15) is 35.6 Å². The number of nitriles is 1. The second-order valence-corrected chi connectivity index (χ2v) is 7.24. The summed E-state index contributed by atoms with van der Waals surface area (Å²) in [7, 11) is 0. The predicted molar refractivity (Wildman–Crippen MR) is 104 cm³/mol. The molecular formula is C21H16N4O4. The first-order valence-corrected chi connectivity index (χ1v) is 9.19. The van der Waals surface area contributed by atoms with E-state index in [4.69, 9.17) is 10.5 Å². The molecule has 144 valence electrons. The van der Waals surface area contributed by atoms with E-state index in [1.807, 2.05) is 18.2 Å². The number of cyclic esters (lactones) is 1. The Bertz CT molecular complexity index is 1350. The predicted octanol–water partition coefficient (Wildman–Crippen LogP) is 1.53. The summed E-state index contributed by atoms with van der Waals surface area (Å²) in [6.07, 6.45) is 0.00732. The molecule has 0 unspecified atom stereocenters. The number of nitrogens with zero attached hydrogens (tertiary/aromatic N) is 3. The molecule has 8 heteroatoms. The van der Waals surface area contributed by atoms with Crippen molar-refractivity contribution in [2.75, 3.05) is 5.73 Å². The maximum absolute atomic E-state index is 13.2. The third kappa shape index (κ3) is 2.02. The number of fused-ring (bicyclic) bond motifs is 5. The van der Waals surface area contributed by atoms with Crippen molar-refractivity contribution in [1.82, 2.24) is 9.55 Å². The summed E-state index contributed by atoms with van der Waals surface area (Å²) < 4.78 is 6.51. The fraction of sp³-hybridized carbons (Fsp3) is 0.238. The van der Waals surface area contributed by atoms with Gasteiger partial charge in [0.15, 0.2) is 5.60 Å². The number of hydrogen-bond donors (Lipinski definition) is 2. The van der Waals surface area contributed by atoms with E-state index in [0.29, 0.717) is 33.4 Å². The minimum Gasteiger partial charge on any atom is -0.458 e. The number of rotatable bonds is 1. The molecule has 0 bridgehead atoms. The van der Waals surface area contributed by atoms with Crippen molar-refractivity contribution in [2.24, 2.45) is 0 Å². The Morgan fingerprint density at radius 3 is 2.83 bits per heavy atom. The standard InChI is InChI=1S/C21H16N4O4/c1-2-21(28)15-13(9-29-20(21)27)19(26)25-8-12-11(7-22)10-5-3-4-6-14(10)24-17(12)18(25)16(15)23/h3-6,28H,2,8-9,23H2,1H3/t21-/m0/s1. The summed E-state index contributed by atoms with van der Waals surface area (Å²) >= 11 is 0. The van der Waals surface area contributed by atoms with Gasteiger partial charge in [0.25, 0.3) is 5.56 Å². The van der Waals surface area contributed by atoms with E-state index < -0.39 is 17.1 Å². The first-order chi connectivity index (χ1) is 13.9. The summed E-state index contributed by atoms with van der Waals surface area (Å²) in [6.45, 7) is 1.50. The fourth-order valence-corrected chi connectivity index (χ4v) is 4.38. The summed E-state index contributed by atoms with van der Waals surface area (Å²) in [6, 6.07) is 9.45. The van der Waals surface area contributed by atoms with E-state index in [-0.39, 0.29) is 36.4 Å². The Morgan fingerprint density at radius 1 is 1.34 bits per heavy atom. The Labute approximate surface area is 164 Å². The summed E-state index contributed by atoms with van der Waals surface area (Å²) in [5.41, 5.74) is 6.79. The molecule has 0 saturated carbocycles. The summed E-state index contributed by atoms with van der Waals surface area (Å²) in [5, 5.41) is 21.5. The van der Waals surface area contributed by atoms with Crippen molar-refractivity contribution >= 4 is 22.6 Å². The van der Waals surface area contributed by atoms with E-state index in [9.17, 15) is 20.0 Å². The third-order valence-electron chi connectivity index (χ3n) is 5.86. The maximum atomic E-state index is 13.2. The van der Waals surface area contributed by atoms with Crippen LogP contribution in [0.3, 0.4) is 0 Å². The number of carbonyl (C=O) groups excluding carboxylic acids is 1. The van der Waals surface area contributed by atoms with E-state index in [1.54, 1.807) is 13.0 Å². The van der Waals surface area contributed by atoms with E-state index in [0.717, 1.165) is 0 Å². The van der Waals surface area contributed by atoms with Crippen LogP contribution in [0.4, 0.5) is 5.69 Å². The number of carbonyl (C=O) groups is 1. The average Bonchev–Trinajstić information content (AvgIpc) is 3.11. The topological polar surface area (TPSA) is 131 Å². The van der Waals surface area contributed by atoms with Crippen LogP contribution >= 0.6 is 0 Å². The first-order valence-electron chi connectivity index (χ1n) is 9.19. The lowest BCUT2D eigenvalue weighted by molar-refractivity contribution is -0.172. The molecule has 2 aliphatic rings. The van der Waals surface area contributed by atoms with Crippen LogP contribution in [0, 0.1) is 11.3 Å². The fourth-order valence-electron chi connectivity index (χ4n) is 4.38. The monoisotopic (exact) mass is 388 g/mol. The zero-order valence-corrected chi connectivity index (χ0v) is 15.5. The lowest BCUT2D eigenvalue weighted by atomic mass is 9.84. The van der Waals surface area contributed by atoms with Gasteiger partial charge in [0.2, 0.25) is 0 Å². The molecular weight excluding hydrogens is 372 g/mol. The average molecular weight is 388 g/mol. The molecule has 1 atom stereocenters. The van der Waals surface area contributed by atoms with Gasteiger partial charge >= 0.3 is 5.97 Å². The van der Waals surface area contributed by atoms with E-state index >= 15 is 0 Å². The van der Waals surface area contributed by atoms with Crippen LogP contribution in [-0.4, -0.2) is 20.6 Å². The van der Waals surface area contributed by atoms with E-state index in [2.05, 4.69) is 11.1 Å². The number of aromatic nitrogens is 2. The summed E-state index contributed by atoms with van der Waals surface area (Å²) in [4.78, 5) is 30.2. The number of ether oxygens (including phenoxy) is 1. The van der Waals surface area contributed by atoms with Crippen LogP contribution in [0.2, 0.25) is 0 Å². The molecule has 3 N–H and O–H groups in total. The van der Waals surface area contributed by atoms with Gasteiger partial charge in [0.05, 0.1) is 40.3 Å². The molecule has 0 radical (unpaired) electrons. The molecule has 0 fully saturated rings. The van der Waals surface area contributed by atoms with Gasteiger partial charge in [-0.1, -0.05) is 25.1 Å². The van der Waals surface area contributed by atoms with Crippen LogP contribution in [0.15, 0.2) is 29.1 Å². The van der Waals surface area contributed by atoms with Crippen LogP contribution in [0.5, 0.6) is 0 Å². The molecule has 0 amide bonds. The highest BCUT2D eigenvalue weighted by Crippen LogP contribution is 2.44. The maximum Gasteiger partial charge on any atom is 0.343 e. The third-order valence-corrected chi connectivity index (χ3v) is 5.86. The lowest BCUT2D eigenvalue weighted by Crippen LogP contribution is -2.45. The van der Waals surface area contributed by atoms with Crippen molar-refractivity contribution in [3.05, 3.63) is 56.9 Å². The minimum absolute atomic E-state index is 0.00732. The highest BCUT2D eigenvalue weighted by Gasteiger charge is 2.47. The van der Waals surface area contributed by atoms with Gasteiger partial charge in [-0.05, 0) is 12.5 Å². The molecule has 1 aromatic carbocycles. The molecule has 0 aliphatic carbocycles.